The molecule has 0 aliphatic heterocycles. The Labute approximate surface area is 127 Å². The predicted molar refractivity (Wildman–Crippen MR) is 79.9 cm³/mol. The van der Waals surface area contributed by atoms with Gasteiger partial charge in [-0.15, -0.1) is 0 Å². The molecule has 0 aliphatic carbocycles. The number of hydrogen-bond donors (Lipinski definition) is 3. The number of carbonyl (C=O) groups excluding carboxylic acids is 1. The summed E-state index contributed by atoms with van der Waals surface area (Å²) in [7, 11) is 0. The van der Waals surface area contributed by atoms with Gasteiger partial charge in [0.2, 0.25) is 0 Å². The highest BCUT2D eigenvalue weighted by molar-refractivity contribution is 9.10. The average molecular weight is 353 g/mol. The van der Waals surface area contributed by atoms with Gasteiger partial charge in [0.25, 0.3) is 5.91 Å². The predicted octanol–water partition coefficient (Wildman–Crippen LogP) is 3.12. The molecular formula is C14H10BrFN2O3. The number of carbonyl (C=O) groups is 2. The first-order chi connectivity index (χ1) is 9.88. The molecule has 0 saturated heterocycles. The van der Waals surface area contributed by atoms with Crippen LogP contribution in [0, 0.1) is 5.82 Å². The highest BCUT2D eigenvalue weighted by Crippen LogP contribution is 2.22. The Bertz CT molecular complexity index is 734. The first-order valence-electron chi connectivity index (χ1n) is 5.77. The number of halogens is 2. The highest BCUT2D eigenvalue weighted by Gasteiger charge is 2.12. The first kappa shape index (κ1) is 15.0. The minimum atomic E-state index is -1.24. The smallest absolute Gasteiger partial charge is 0.335 e. The van der Waals surface area contributed by atoms with Gasteiger partial charge in [-0.25, -0.2) is 9.18 Å². The number of nitrogens with one attached hydrogen (secondary N) is 1. The Balaban J connectivity index is 2.23. The largest absolute Gasteiger partial charge is 0.478 e. The van der Waals surface area contributed by atoms with E-state index in [0.717, 1.165) is 6.07 Å². The van der Waals surface area contributed by atoms with Crippen molar-refractivity contribution in [3.63, 3.8) is 0 Å². The minimum absolute atomic E-state index is 0.105. The van der Waals surface area contributed by atoms with E-state index in [-0.39, 0.29) is 16.8 Å². The van der Waals surface area contributed by atoms with Gasteiger partial charge < -0.3 is 16.2 Å². The Morgan fingerprint density at radius 3 is 2.38 bits per heavy atom. The second-order valence-corrected chi connectivity index (χ2v) is 5.04. The third-order valence-electron chi connectivity index (χ3n) is 2.72. The molecule has 2 aromatic rings. The van der Waals surface area contributed by atoms with E-state index in [9.17, 15) is 14.0 Å². The Morgan fingerprint density at radius 2 is 1.81 bits per heavy atom. The summed E-state index contributed by atoms with van der Waals surface area (Å²) in [5.74, 6) is -2.61. The summed E-state index contributed by atoms with van der Waals surface area (Å²) < 4.78 is 14.4. The van der Waals surface area contributed by atoms with Gasteiger partial charge in [-0.1, -0.05) is 0 Å². The molecule has 2 aromatic carbocycles. The van der Waals surface area contributed by atoms with Crippen molar-refractivity contribution in [2.45, 2.75) is 0 Å². The zero-order valence-corrected chi connectivity index (χ0v) is 12.1. The molecule has 0 saturated carbocycles. The number of benzene rings is 2. The van der Waals surface area contributed by atoms with Crippen LogP contribution in [-0.4, -0.2) is 17.0 Å². The fourth-order valence-electron chi connectivity index (χ4n) is 1.63. The van der Waals surface area contributed by atoms with E-state index in [0.29, 0.717) is 10.2 Å². The number of rotatable bonds is 3. The summed E-state index contributed by atoms with van der Waals surface area (Å²) in [6.07, 6.45) is 0. The van der Waals surface area contributed by atoms with Crippen LogP contribution in [0.2, 0.25) is 0 Å². The maximum absolute atomic E-state index is 13.7. The van der Waals surface area contributed by atoms with Crippen molar-refractivity contribution in [1.29, 1.82) is 0 Å². The van der Waals surface area contributed by atoms with E-state index in [1.165, 1.54) is 24.3 Å². The van der Waals surface area contributed by atoms with Crippen molar-refractivity contribution in [1.82, 2.24) is 0 Å². The van der Waals surface area contributed by atoms with Crippen molar-refractivity contribution < 1.29 is 19.1 Å². The number of nitrogens with two attached hydrogens (primary N) is 1. The van der Waals surface area contributed by atoms with Crippen molar-refractivity contribution >= 4 is 39.2 Å². The Kier molecular flexibility index (Phi) is 4.23. The number of carboxylic acid groups (broad SMARTS) is 1. The van der Waals surface area contributed by atoms with Crippen molar-refractivity contribution in [2.75, 3.05) is 11.1 Å². The molecule has 7 heteroatoms. The monoisotopic (exact) mass is 352 g/mol. The van der Waals surface area contributed by atoms with Gasteiger partial charge in [-0.3, -0.25) is 4.79 Å². The van der Waals surface area contributed by atoms with Crippen molar-refractivity contribution in [2.24, 2.45) is 0 Å². The standard InChI is InChI=1S/C14H10BrFN2O3/c15-9-3-1-7(6-11(9)17)13(19)18-12-4-2-8(14(20)21)5-10(12)16/h1-6H,17H2,(H,18,19)(H,20,21). The van der Waals surface area contributed by atoms with Crippen LogP contribution in [0.5, 0.6) is 0 Å². The lowest BCUT2D eigenvalue weighted by Gasteiger charge is -2.08. The Hall–Kier alpha value is -2.41. The molecule has 0 aliphatic rings. The quantitative estimate of drug-likeness (QED) is 0.740. The van der Waals surface area contributed by atoms with Crippen LogP contribution < -0.4 is 11.1 Å². The van der Waals surface area contributed by atoms with Gasteiger partial charge in [-0.05, 0) is 52.3 Å². The zero-order chi connectivity index (χ0) is 15.6. The number of carboxylic acids is 1. The lowest BCUT2D eigenvalue weighted by molar-refractivity contribution is 0.0696. The van der Waals surface area contributed by atoms with Gasteiger partial charge in [0.15, 0.2) is 0 Å². The summed E-state index contributed by atoms with van der Waals surface area (Å²) in [6.45, 7) is 0. The number of nitrogen functional groups attached to an aromatic ring is 1. The van der Waals surface area contributed by atoms with Crippen molar-refractivity contribution in [3.8, 4) is 0 Å². The van der Waals surface area contributed by atoms with E-state index in [1.54, 1.807) is 6.07 Å². The Morgan fingerprint density at radius 1 is 1.14 bits per heavy atom. The molecule has 2 rings (SSSR count). The van der Waals surface area contributed by atoms with Crippen LogP contribution in [0.15, 0.2) is 40.9 Å². The molecule has 0 aromatic heterocycles. The normalized spacial score (nSPS) is 10.2. The summed E-state index contributed by atoms with van der Waals surface area (Å²) in [5.41, 5.74) is 6.01. The second-order valence-electron chi connectivity index (χ2n) is 4.19. The van der Waals surface area contributed by atoms with Gasteiger partial charge in [0, 0.05) is 15.7 Å². The molecule has 108 valence electrons. The van der Waals surface area contributed by atoms with Crippen LogP contribution in [0.4, 0.5) is 15.8 Å². The molecule has 21 heavy (non-hydrogen) atoms. The molecular weight excluding hydrogens is 343 g/mol. The average Bonchev–Trinajstić information content (AvgIpc) is 2.43. The molecule has 0 radical (unpaired) electrons. The van der Waals surface area contributed by atoms with E-state index in [2.05, 4.69) is 21.2 Å². The van der Waals surface area contributed by atoms with Crippen LogP contribution >= 0.6 is 15.9 Å². The van der Waals surface area contributed by atoms with Crippen LogP contribution in [-0.2, 0) is 0 Å². The van der Waals surface area contributed by atoms with E-state index in [1.807, 2.05) is 0 Å². The summed E-state index contributed by atoms with van der Waals surface area (Å²) >= 11 is 3.21. The molecule has 0 unspecified atom stereocenters. The lowest BCUT2D eigenvalue weighted by atomic mass is 10.1. The summed E-state index contributed by atoms with van der Waals surface area (Å²) in [5, 5.41) is 11.1. The molecule has 0 bridgehead atoms. The van der Waals surface area contributed by atoms with Gasteiger partial charge in [-0.2, -0.15) is 0 Å². The highest BCUT2D eigenvalue weighted by atomic mass is 79.9. The van der Waals surface area contributed by atoms with Crippen LogP contribution in [0.1, 0.15) is 20.7 Å². The summed E-state index contributed by atoms with van der Waals surface area (Å²) in [4.78, 5) is 22.7. The van der Waals surface area contributed by atoms with E-state index < -0.39 is 17.7 Å². The number of hydrogen-bond acceptors (Lipinski definition) is 3. The second kappa shape index (κ2) is 5.92. The molecule has 4 N–H and O–H groups in total. The van der Waals surface area contributed by atoms with Gasteiger partial charge >= 0.3 is 5.97 Å². The maximum atomic E-state index is 13.7. The number of amides is 1. The van der Waals surface area contributed by atoms with Crippen molar-refractivity contribution in [3.05, 3.63) is 57.8 Å². The molecule has 1 amide bonds. The first-order valence-corrected chi connectivity index (χ1v) is 6.57. The molecule has 0 fully saturated rings. The molecule has 5 nitrogen and oxygen atoms in total. The van der Waals surface area contributed by atoms with E-state index in [4.69, 9.17) is 10.8 Å². The fourth-order valence-corrected chi connectivity index (χ4v) is 1.88. The number of anilines is 2. The number of aromatic carboxylic acids is 1. The minimum Gasteiger partial charge on any atom is -0.478 e. The zero-order valence-electron chi connectivity index (χ0n) is 10.6. The third-order valence-corrected chi connectivity index (χ3v) is 3.44. The third kappa shape index (κ3) is 3.38. The topological polar surface area (TPSA) is 92.4 Å². The van der Waals surface area contributed by atoms with Gasteiger partial charge in [0.05, 0.1) is 11.3 Å². The molecule has 0 heterocycles. The SMILES string of the molecule is Nc1cc(C(=O)Nc2ccc(C(=O)O)cc2F)ccc1Br. The van der Waals surface area contributed by atoms with Crippen LogP contribution in [0.25, 0.3) is 0 Å². The lowest BCUT2D eigenvalue weighted by Crippen LogP contribution is -2.13. The molecule has 0 spiro atoms. The molecule has 0 atom stereocenters. The summed E-state index contributed by atoms with van der Waals surface area (Å²) in [6, 6.07) is 7.82. The van der Waals surface area contributed by atoms with Crippen LogP contribution in [0.3, 0.4) is 0 Å². The van der Waals surface area contributed by atoms with Gasteiger partial charge in [0.1, 0.15) is 5.82 Å². The maximum Gasteiger partial charge on any atom is 0.335 e. The fraction of sp³-hybridized carbons (Fsp3) is 0. The van der Waals surface area contributed by atoms with E-state index >= 15 is 0 Å².